The molecule has 48 heavy (non-hydrogen) atoms. The molecule has 1 unspecified atom stereocenters. The monoisotopic (exact) mass is 645 g/mol. The van der Waals surface area contributed by atoms with Gasteiger partial charge in [-0.25, -0.2) is 0 Å². The molecule has 11 rings (SSSR count). The summed E-state index contributed by atoms with van der Waals surface area (Å²) in [5.74, 6) is 0. The number of hydrogen-bond donors (Lipinski definition) is 0. The van der Waals surface area contributed by atoms with Crippen molar-refractivity contribution in [3.8, 4) is 16.8 Å². The predicted octanol–water partition coefficient (Wildman–Crippen LogP) is 10.7. The number of nitrogens with zero attached hydrogens (tertiary/aromatic N) is 1. The van der Waals surface area contributed by atoms with Gasteiger partial charge in [0.05, 0.1) is 22.1 Å². The highest BCUT2D eigenvalue weighted by atomic mass is 32.1. The highest BCUT2D eigenvalue weighted by Gasteiger charge is 2.53. The summed E-state index contributed by atoms with van der Waals surface area (Å²) in [6.45, 7) is 5.16. The van der Waals surface area contributed by atoms with Gasteiger partial charge in [0, 0.05) is 30.9 Å². The van der Waals surface area contributed by atoms with Crippen molar-refractivity contribution in [1.29, 1.82) is 0 Å². The van der Waals surface area contributed by atoms with E-state index in [0.717, 1.165) is 0 Å². The van der Waals surface area contributed by atoms with Gasteiger partial charge in [-0.1, -0.05) is 147 Å². The number of para-hydroxylation sites is 3. The van der Waals surface area contributed by atoms with E-state index in [1.54, 1.807) is 5.19 Å². The summed E-state index contributed by atoms with van der Waals surface area (Å²) in [7, 11) is -2.23. The van der Waals surface area contributed by atoms with Crippen molar-refractivity contribution in [2.24, 2.45) is 0 Å². The zero-order valence-corrected chi connectivity index (χ0v) is 28.6. The molecule has 4 heterocycles. The molecular formula is C45H31NSSi. The molecule has 1 atom stereocenters. The lowest BCUT2D eigenvalue weighted by Gasteiger charge is -2.50. The third-order valence-electron chi connectivity index (χ3n) is 11.4. The number of rotatable bonds is 1. The summed E-state index contributed by atoms with van der Waals surface area (Å²) in [4.78, 5) is 0. The number of thiophene rings is 1. The molecule has 0 amide bonds. The highest BCUT2D eigenvalue weighted by molar-refractivity contribution is 7.26. The molecule has 2 aliphatic rings. The van der Waals surface area contributed by atoms with E-state index >= 15 is 0 Å². The zero-order valence-electron chi connectivity index (χ0n) is 26.8. The molecule has 0 saturated carbocycles. The van der Waals surface area contributed by atoms with Crippen LogP contribution in [-0.2, 0) is 5.41 Å². The van der Waals surface area contributed by atoms with E-state index in [1.165, 1.54) is 86.2 Å². The Labute approximate surface area is 284 Å². The van der Waals surface area contributed by atoms with Crippen LogP contribution in [0.2, 0.25) is 13.1 Å². The van der Waals surface area contributed by atoms with Crippen LogP contribution in [0.5, 0.6) is 0 Å². The third kappa shape index (κ3) is 3.08. The van der Waals surface area contributed by atoms with Crippen molar-refractivity contribution in [3.63, 3.8) is 0 Å². The third-order valence-corrected chi connectivity index (χ3v) is 16.2. The molecule has 2 aromatic heterocycles. The molecule has 0 N–H and O–H groups in total. The van der Waals surface area contributed by atoms with Crippen molar-refractivity contribution in [2.45, 2.75) is 18.5 Å². The van der Waals surface area contributed by atoms with E-state index < -0.39 is 13.5 Å². The van der Waals surface area contributed by atoms with Gasteiger partial charge in [0.15, 0.2) is 0 Å². The molecular weight excluding hydrogens is 615 g/mol. The molecule has 0 aliphatic carbocycles. The minimum Gasteiger partial charge on any atom is -0.309 e. The Hall–Kier alpha value is -5.22. The number of aromatic nitrogens is 1. The van der Waals surface area contributed by atoms with Crippen LogP contribution in [0.3, 0.4) is 0 Å². The molecule has 0 radical (unpaired) electrons. The maximum absolute atomic E-state index is 2.58. The van der Waals surface area contributed by atoms with Crippen molar-refractivity contribution in [2.75, 3.05) is 0 Å². The molecule has 1 nitrogen and oxygen atoms in total. The average Bonchev–Trinajstić information content (AvgIpc) is 3.69. The molecule has 0 bridgehead atoms. The Balaban J connectivity index is 1.35. The smallest absolute Gasteiger partial charge is 0.113 e. The second kappa shape index (κ2) is 9.22. The first-order chi connectivity index (χ1) is 23.6. The molecule has 0 fully saturated rings. The molecule has 7 aromatic carbocycles. The Morgan fingerprint density at radius 1 is 0.500 bits per heavy atom. The Kier molecular flexibility index (Phi) is 5.15. The van der Waals surface area contributed by atoms with Crippen LogP contribution in [0.4, 0.5) is 0 Å². The van der Waals surface area contributed by atoms with Gasteiger partial charge in [0.1, 0.15) is 8.07 Å². The molecule has 9 aromatic rings. The van der Waals surface area contributed by atoms with Gasteiger partial charge >= 0.3 is 0 Å². The Bertz CT molecular complexity index is 2830. The van der Waals surface area contributed by atoms with Gasteiger partial charge < -0.3 is 4.57 Å². The normalized spacial score (nSPS) is 17.2. The summed E-state index contributed by atoms with van der Waals surface area (Å²) in [5.41, 5.74) is 11.8. The van der Waals surface area contributed by atoms with Gasteiger partial charge in [-0.15, -0.1) is 11.3 Å². The maximum Gasteiger partial charge on any atom is 0.113 e. The van der Waals surface area contributed by atoms with E-state index in [2.05, 4.69) is 169 Å². The van der Waals surface area contributed by atoms with Crippen LogP contribution in [0.25, 0.3) is 58.8 Å². The topological polar surface area (TPSA) is 4.93 Å². The molecule has 0 saturated heterocycles. The van der Waals surface area contributed by atoms with E-state index in [0.29, 0.717) is 0 Å². The lowest BCUT2D eigenvalue weighted by Crippen LogP contribution is -2.64. The zero-order chi connectivity index (χ0) is 31.8. The van der Waals surface area contributed by atoms with Crippen LogP contribution >= 0.6 is 11.3 Å². The first kappa shape index (κ1) is 26.8. The van der Waals surface area contributed by atoms with Crippen LogP contribution < -0.4 is 10.4 Å². The largest absolute Gasteiger partial charge is 0.309 e. The Morgan fingerprint density at radius 3 is 2.04 bits per heavy atom. The fraction of sp³-hybridized carbons (Fsp3) is 0.0667. The van der Waals surface area contributed by atoms with Gasteiger partial charge in [-0.3, -0.25) is 0 Å². The number of fused-ring (bicyclic) bond motifs is 14. The molecule has 226 valence electrons. The second-order valence-corrected chi connectivity index (χ2v) is 19.3. The first-order valence-corrected chi connectivity index (χ1v) is 20.7. The van der Waals surface area contributed by atoms with Crippen molar-refractivity contribution in [3.05, 3.63) is 174 Å². The highest BCUT2D eigenvalue weighted by Crippen LogP contribution is 2.55. The summed E-state index contributed by atoms with van der Waals surface area (Å²) < 4.78 is 5.28. The number of benzene rings is 7. The maximum atomic E-state index is 2.58. The van der Waals surface area contributed by atoms with Crippen LogP contribution in [0, 0.1) is 0 Å². The lowest BCUT2D eigenvalue weighted by atomic mass is 9.62. The summed E-state index contributed by atoms with van der Waals surface area (Å²) in [6, 6.07) is 57.7. The minimum atomic E-state index is -2.23. The van der Waals surface area contributed by atoms with E-state index in [4.69, 9.17) is 0 Å². The van der Waals surface area contributed by atoms with Crippen LogP contribution in [-0.4, -0.2) is 12.6 Å². The van der Waals surface area contributed by atoms with Gasteiger partial charge in [0.2, 0.25) is 0 Å². The van der Waals surface area contributed by atoms with Gasteiger partial charge in [-0.2, -0.15) is 0 Å². The lowest BCUT2D eigenvalue weighted by molar-refractivity contribution is 0.732. The van der Waals surface area contributed by atoms with E-state index in [9.17, 15) is 0 Å². The summed E-state index contributed by atoms with van der Waals surface area (Å²) in [5, 5.41) is 8.43. The van der Waals surface area contributed by atoms with Crippen LogP contribution in [0.15, 0.2) is 152 Å². The fourth-order valence-corrected chi connectivity index (χ4v) is 14.4. The van der Waals surface area contributed by atoms with Crippen molar-refractivity contribution >= 4 is 71.8 Å². The quantitative estimate of drug-likeness (QED) is 0.157. The SMILES string of the molecule is C[Si]1(C)c2ccccc2C2(c3ccccc3-n3c4ccccc4c4cccc2c43)c2cccc(-c3cccc4c3sc3ccccc34)c21. The van der Waals surface area contributed by atoms with Gasteiger partial charge in [0.25, 0.3) is 0 Å². The van der Waals surface area contributed by atoms with E-state index in [1.807, 2.05) is 11.3 Å². The standard InChI is InChI=1S/C45H31NSSi/c1-48(2)41-27-10-6-21-35(41)45(34-20-5-8-25-39(34)46-38-24-7-3-14-28(38)30-16-12-22-36(45)42(30)46)37-23-13-19-33(44(37)48)32-18-11-17-31-29-15-4-9-26-40(29)47-43(31)32/h3-27H,1-2H3. The first-order valence-electron chi connectivity index (χ1n) is 16.9. The van der Waals surface area contributed by atoms with Crippen LogP contribution in [0.1, 0.15) is 22.3 Å². The Morgan fingerprint density at radius 2 is 1.12 bits per heavy atom. The second-order valence-electron chi connectivity index (χ2n) is 14.0. The molecule has 2 aliphatic heterocycles. The fourth-order valence-electron chi connectivity index (χ4n) is 9.64. The van der Waals surface area contributed by atoms with E-state index in [-0.39, 0.29) is 0 Å². The average molecular weight is 646 g/mol. The minimum absolute atomic E-state index is 0.459. The predicted molar refractivity (Wildman–Crippen MR) is 208 cm³/mol. The van der Waals surface area contributed by atoms with Crippen molar-refractivity contribution < 1.29 is 0 Å². The molecule has 3 heteroatoms. The number of hydrogen-bond acceptors (Lipinski definition) is 1. The molecule has 1 spiro atoms. The summed E-state index contributed by atoms with van der Waals surface area (Å²) in [6.07, 6.45) is 0. The van der Waals surface area contributed by atoms with Gasteiger partial charge in [-0.05, 0) is 62.0 Å². The van der Waals surface area contributed by atoms with Crippen molar-refractivity contribution in [1.82, 2.24) is 4.57 Å². The summed E-state index contributed by atoms with van der Waals surface area (Å²) >= 11 is 1.94.